The summed E-state index contributed by atoms with van der Waals surface area (Å²) in [5.74, 6) is 2.01. The van der Waals surface area contributed by atoms with Crippen LogP contribution in [-0.4, -0.2) is 11.5 Å². The van der Waals surface area contributed by atoms with Gasteiger partial charge in [0.05, 0.1) is 0 Å². The van der Waals surface area contributed by atoms with E-state index in [1.54, 1.807) is 11.8 Å². The average molecular weight is 278 g/mol. The Bertz CT molecular complexity index is 468. The number of benzene rings is 2. The number of thiol groups is 1. The van der Waals surface area contributed by atoms with Crippen molar-refractivity contribution in [2.45, 2.75) is 10.8 Å². The van der Waals surface area contributed by atoms with Crippen molar-refractivity contribution in [2.24, 2.45) is 0 Å². The Kier molecular flexibility index (Phi) is 5.14. The highest BCUT2D eigenvalue weighted by molar-refractivity contribution is 7.99. The Morgan fingerprint density at radius 2 is 1.67 bits per heavy atom. The minimum absolute atomic E-state index is 0.187. The molecule has 1 unspecified atom stereocenters. The van der Waals surface area contributed by atoms with Crippen molar-refractivity contribution < 1.29 is 4.39 Å². The highest BCUT2D eigenvalue weighted by Gasteiger charge is 2.09. The highest BCUT2D eigenvalue weighted by atomic mass is 32.2. The number of hydrogen-bond acceptors (Lipinski definition) is 2. The minimum Gasteiger partial charge on any atom is -0.207 e. The smallest absolute Gasteiger partial charge is 0.123 e. The predicted octanol–water partition coefficient (Wildman–Crippen LogP) is 4.63. The molecule has 0 aliphatic heterocycles. The molecular weight excluding hydrogens is 263 g/mol. The topological polar surface area (TPSA) is 0 Å². The molecule has 94 valence electrons. The van der Waals surface area contributed by atoms with Crippen molar-refractivity contribution in [3.05, 3.63) is 66.0 Å². The van der Waals surface area contributed by atoms with E-state index in [4.69, 9.17) is 0 Å². The number of rotatable bonds is 5. The maximum Gasteiger partial charge on any atom is 0.123 e. The second-order valence-corrected chi connectivity index (χ2v) is 5.51. The Labute approximate surface area is 117 Å². The Balaban J connectivity index is 1.97. The van der Waals surface area contributed by atoms with Gasteiger partial charge in [0.25, 0.3) is 0 Å². The van der Waals surface area contributed by atoms with Crippen LogP contribution in [0.25, 0.3) is 0 Å². The van der Waals surface area contributed by atoms with Crippen molar-refractivity contribution in [3.8, 4) is 0 Å². The van der Waals surface area contributed by atoms with E-state index in [-0.39, 0.29) is 5.82 Å². The monoisotopic (exact) mass is 278 g/mol. The number of halogens is 1. The third-order valence-corrected chi connectivity index (χ3v) is 4.37. The summed E-state index contributed by atoms with van der Waals surface area (Å²) in [7, 11) is 0. The summed E-state index contributed by atoms with van der Waals surface area (Å²) >= 11 is 6.16. The predicted molar refractivity (Wildman–Crippen MR) is 80.2 cm³/mol. The van der Waals surface area contributed by atoms with E-state index in [9.17, 15) is 4.39 Å². The first-order chi connectivity index (χ1) is 8.79. The lowest BCUT2D eigenvalue weighted by Crippen LogP contribution is -2.03. The Morgan fingerprint density at radius 3 is 2.28 bits per heavy atom. The van der Waals surface area contributed by atoms with Gasteiger partial charge in [0.15, 0.2) is 0 Å². The minimum atomic E-state index is -0.187. The lowest BCUT2D eigenvalue weighted by atomic mass is 10.0. The molecule has 3 heteroatoms. The zero-order valence-corrected chi connectivity index (χ0v) is 11.6. The lowest BCUT2D eigenvalue weighted by Gasteiger charge is -2.14. The molecule has 0 N–H and O–H groups in total. The summed E-state index contributed by atoms with van der Waals surface area (Å²) in [6, 6.07) is 17.0. The molecule has 0 fully saturated rings. The fourth-order valence-electron chi connectivity index (χ4n) is 1.71. The third-order valence-electron chi connectivity index (χ3n) is 2.76. The van der Waals surface area contributed by atoms with E-state index in [0.717, 1.165) is 16.4 Å². The van der Waals surface area contributed by atoms with Gasteiger partial charge in [-0.3, -0.25) is 0 Å². The summed E-state index contributed by atoms with van der Waals surface area (Å²) in [4.78, 5) is 1.10. The van der Waals surface area contributed by atoms with Gasteiger partial charge in [-0.2, -0.15) is 12.6 Å². The van der Waals surface area contributed by atoms with Crippen molar-refractivity contribution in [3.63, 3.8) is 0 Å². The van der Waals surface area contributed by atoms with Gasteiger partial charge in [-0.25, -0.2) is 4.39 Å². The molecule has 0 aliphatic carbocycles. The van der Waals surface area contributed by atoms with E-state index in [1.165, 1.54) is 17.7 Å². The van der Waals surface area contributed by atoms with E-state index >= 15 is 0 Å². The van der Waals surface area contributed by atoms with Crippen molar-refractivity contribution in [1.29, 1.82) is 0 Å². The normalized spacial score (nSPS) is 12.3. The molecular formula is C15H15FS2. The zero-order chi connectivity index (χ0) is 12.8. The van der Waals surface area contributed by atoms with Gasteiger partial charge in [-0.05, 0) is 35.6 Å². The van der Waals surface area contributed by atoms with Crippen molar-refractivity contribution in [2.75, 3.05) is 11.5 Å². The lowest BCUT2D eigenvalue weighted by molar-refractivity contribution is 0.626. The van der Waals surface area contributed by atoms with E-state index in [1.807, 2.05) is 30.3 Å². The van der Waals surface area contributed by atoms with Crippen LogP contribution in [0.3, 0.4) is 0 Å². The second-order valence-electron chi connectivity index (χ2n) is 4.06. The van der Waals surface area contributed by atoms with Gasteiger partial charge >= 0.3 is 0 Å². The molecule has 1 atom stereocenters. The SMILES string of the molecule is Fc1ccc(SCC(CS)c2ccccc2)cc1. The van der Waals surface area contributed by atoms with Gasteiger partial charge in [-0.1, -0.05) is 30.3 Å². The largest absolute Gasteiger partial charge is 0.207 e. The van der Waals surface area contributed by atoms with Crippen LogP contribution in [0, 0.1) is 5.82 Å². The molecule has 2 aromatic carbocycles. The Morgan fingerprint density at radius 1 is 1.00 bits per heavy atom. The molecule has 0 heterocycles. The van der Waals surface area contributed by atoms with Crippen LogP contribution < -0.4 is 0 Å². The van der Waals surface area contributed by atoms with E-state index < -0.39 is 0 Å². The van der Waals surface area contributed by atoms with Crippen LogP contribution in [0.15, 0.2) is 59.5 Å². The maximum atomic E-state index is 12.8. The maximum absolute atomic E-state index is 12.8. The molecule has 0 aliphatic rings. The number of thioether (sulfide) groups is 1. The first-order valence-electron chi connectivity index (χ1n) is 5.84. The van der Waals surface area contributed by atoms with Crippen LogP contribution in [0.2, 0.25) is 0 Å². The fourth-order valence-corrected chi connectivity index (χ4v) is 3.25. The number of hydrogen-bond donors (Lipinski definition) is 1. The fraction of sp³-hybridized carbons (Fsp3) is 0.200. The standard InChI is InChI=1S/C15H15FS2/c16-14-6-8-15(9-7-14)18-11-13(10-17)12-4-2-1-3-5-12/h1-9,13,17H,10-11H2. The van der Waals surface area contributed by atoms with Gasteiger partial charge < -0.3 is 0 Å². The first-order valence-corrected chi connectivity index (χ1v) is 7.45. The van der Waals surface area contributed by atoms with Crippen LogP contribution in [-0.2, 0) is 0 Å². The van der Waals surface area contributed by atoms with Crippen molar-refractivity contribution >= 4 is 24.4 Å². The van der Waals surface area contributed by atoms with Crippen LogP contribution in [0.1, 0.15) is 11.5 Å². The molecule has 18 heavy (non-hydrogen) atoms. The second kappa shape index (κ2) is 6.86. The van der Waals surface area contributed by atoms with E-state index in [2.05, 4.69) is 24.8 Å². The molecule has 0 saturated heterocycles. The summed E-state index contributed by atoms with van der Waals surface area (Å²) in [6.45, 7) is 0. The highest BCUT2D eigenvalue weighted by Crippen LogP contribution is 2.27. The van der Waals surface area contributed by atoms with Gasteiger partial charge in [0.2, 0.25) is 0 Å². The molecule has 0 nitrogen and oxygen atoms in total. The zero-order valence-electron chi connectivity index (χ0n) is 9.92. The summed E-state index contributed by atoms with van der Waals surface area (Å²) in [6.07, 6.45) is 0. The van der Waals surface area contributed by atoms with Crippen molar-refractivity contribution in [1.82, 2.24) is 0 Å². The average Bonchev–Trinajstić information content (AvgIpc) is 2.43. The molecule has 2 rings (SSSR count). The van der Waals surface area contributed by atoms with E-state index in [0.29, 0.717) is 5.92 Å². The summed E-state index contributed by atoms with van der Waals surface area (Å²) < 4.78 is 12.8. The molecule has 0 radical (unpaired) electrons. The van der Waals surface area contributed by atoms with Crippen LogP contribution in [0.4, 0.5) is 4.39 Å². The third kappa shape index (κ3) is 3.79. The first kappa shape index (κ1) is 13.5. The van der Waals surface area contributed by atoms with Gasteiger partial charge in [0, 0.05) is 16.6 Å². The Hall–Kier alpha value is -0.930. The molecule has 0 bridgehead atoms. The quantitative estimate of drug-likeness (QED) is 0.614. The molecule has 0 aromatic heterocycles. The van der Waals surface area contributed by atoms with Gasteiger partial charge in [-0.15, -0.1) is 11.8 Å². The molecule has 0 spiro atoms. The molecule has 2 aromatic rings. The van der Waals surface area contributed by atoms with Crippen LogP contribution in [0.5, 0.6) is 0 Å². The van der Waals surface area contributed by atoms with Gasteiger partial charge in [0.1, 0.15) is 5.82 Å². The molecule has 0 saturated carbocycles. The molecule has 0 amide bonds. The summed E-state index contributed by atoms with van der Waals surface area (Å²) in [5.41, 5.74) is 1.31. The summed E-state index contributed by atoms with van der Waals surface area (Å²) in [5, 5.41) is 0. The van der Waals surface area contributed by atoms with Crippen LogP contribution >= 0.6 is 24.4 Å².